The number of aromatic hydroxyl groups is 4. The van der Waals surface area contributed by atoms with Crippen molar-refractivity contribution in [1.29, 1.82) is 0 Å². The fourth-order valence-corrected chi connectivity index (χ4v) is 3.29. The van der Waals surface area contributed by atoms with Crippen LogP contribution in [0.2, 0.25) is 0 Å². The summed E-state index contributed by atoms with van der Waals surface area (Å²) in [5, 5.41) is 41.1. The van der Waals surface area contributed by atoms with Gasteiger partial charge in [-0.3, -0.25) is 0 Å². The lowest BCUT2D eigenvalue weighted by Crippen LogP contribution is -2.14. The Kier molecular flexibility index (Phi) is 4.61. The van der Waals surface area contributed by atoms with Crippen molar-refractivity contribution < 1.29 is 38.7 Å². The Balaban J connectivity index is 1.93. The van der Waals surface area contributed by atoms with Crippen molar-refractivity contribution in [1.82, 2.24) is 0 Å². The molecule has 0 fully saturated rings. The van der Waals surface area contributed by atoms with Crippen molar-refractivity contribution in [2.45, 2.75) is 6.42 Å². The van der Waals surface area contributed by atoms with Gasteiger partial charge < -0.3 is 38.7 Å². The maximum atomic E-state index is 12.4. The summed E-state index contributed by atoms with van der Waals surface area (Å²) in [6.07, 6.45) is -0.513. The highest BCUT2D eigenvalue weighted by molar-refractivity contribution is 5.89. The van der Waals surface area contributed by atoms with Gasteiger partial charge in [0.2, 0.25) is 0 Å². The fourth-order valence-electron chi connectivity index (χ4n) is 3.29. The minimum absolute atomic E-state index is 0.0302. The number of benzene rings is 2. The smallest absolute Gasteiger partial charge is 0.343 e. The first-order valence-electron chi connectivity index (χ1n) is 8.86. The average molecular weight is 428 g/mol. The molecule has 31 heavy (non-hydrogen) atoms. The number of ether oxygens (including phenoxy) is 2. The highest BCUT2D eigenvalue weighted by atomic mass is 16.5. The van der Waals surface area contributed by atoms with Crippen LogP contribution in [0.25, 0.3) is 21.9 Å². The second kappa shape index (κ2) is 7.17. The summed E-state index contributed by atoms with van der Waals surface area (Å²) >= 11 is 0. The van der Waals surface area contributed by atoms with Crippen molar-refractivity contribution >= 4 is 21.9 Å². The van der Waals surface area contributed by atoms with Crippen LogP contribution >= 0.6 is 0 Å². The Bertz CT molecular complexity index is 1350. The first-order valence-corrected chi connectivity index (χ1v) is 8.86. The van der Waals surface area contributed by atoms with E-state index < -0.39 is 29.2 Å². The van der Waals surface area contributed by atoms with Crippen LogP contribution in [0.3, 0.4) is 0 Å². The van der Waals surface area contributed by atoms with E-state index >= 15 is 0 Å². The molecule has 0 unspecified atom stereocenters. The average Bonchev–Trinajstić information content (AvgIpc) is 2.72. The zero-order valence-corrected chi connectivity index (χ0v) is 16.3. The van der Waals surface area contributed by atoms with Gasteiger partial charge in [-0.25, -0.2) is 9.59 Å². The van der Waals surface area contributed by atoms with E-state index in [1.165, 1.54) is 26.4 Å². The number of methoxy groups -OCH3 is 2. The molecule has 0 saturated carbocycles. The van der Waals surface area contributed by atoms with E-state index in [9.17, 15) is 30.0 Å². The summed E-state index contributed by atoms with van der Waals surface area (Å²) in [5.41, 5.74) is -2.77. The zero-order chi connectivity index (χ0) is 22.4. The van der Waals surface area contributed by atoms with Gasteiger partial charge in [-0.1, -0.05) is 0 Å². The number of phenolic OH excluding ortho intramolecular Hbond substituents is 2. The van der Waals surface area contributed by atoms with Crippen LogP contribution in [-0.4, -0.2) is 34.6 Å². The molecule has 10 heteroatoms. The molecule has 0 radical (unpaired) electrons. The molecule has 0 spiro atoms. The molecule has 4 aromatic rings. The fraction of sp³-hybridized carbons (Fsp3) is 0.143. The zero-order valence-electron chi connectivity index (χ0n) is 16.3. The van der Waals surface area contributed by atoms with Crippen LogP contribution in [-0.2, 0) is 6.42 Å². The van der Waals surface area contributed by atoms with Gasteiger partial charge in [-0.2, -0.15) is 0 Å². The lowest BCUT2D eigenvalue weighted by molar-refractivity contribution is 0.372. The van der Waals surface area contributed by atoms with E-state index in [1.54, 1.807) is 0 Å². The van der Waals surface area contributed by atoms with Crippen LogP contribution in [0.1, 0.15) is 11.1 Å². The van der Waals surface area contributed by atoms with Crippen molar-refractivity contribution in [3.63, 3.8) is 0 Å². The van der Waals surface area contributed by atoms with Crippen LogP contribution in [0.4, 0.5) is 0 Å². The van der Waals surface area contributed by atoms with Gasteiger partial charge >= 0.3 is 11.3 Å². The van der Waals surface area contributed by atoms with Gasteiger partial charge in [-0.15, -0.1) is 0 Å². The molecule has 0 amide bonds. The molecule has 160 valence electrons. The number of fused-ring (bicyclic) bond motifs is 2. The van der Waals surface area contributed by atoms with Gasteiger partial charge in [0.25, 0.3) is 0 Å². The third-order valence-electron chi connectivity index (χ3n) is 4.90. The van der Waals surface area contributed by atoms with Crippen molar-refractivity contribution in [3.05, 3.63) is 56.2 Å². The maximum Gasteiger partial charge on any atom is 0.343 e. The van der Waals surface area contributed by atoms with Gasteiger partial charge in [0, 0.05) is 18.6 Å². The van der Waals surface area contributed by atoms with Gasteiger partial charge in [-0.05, 0) is 12.1 Å². The molecule has 10 nitrogen and oxygen atoms in total. The Morgan fingerprint density at radius 1 is 0.710 bits per heavy atom. The van der Waals surface area contributed by atoms with Crippen molar-refractivity contribution in [2.75, 3.05) is 14.2 Å². The second-order valence-electron chi connectivity index (χ2n) is 6.65. The lowest BCUT2D eigenvalue weighted by atomic mass is 10.0. The highest BCUT2D eigenvalue weighted by Crippen LogP contribution is 2.38. The summed E-state index contributed by atoms with van der Waals surface area (Å²) < 4.78 is 20.3. The van der Waals surface area contributed by atoms with Crippen LogP contribution in [0, 0.1) is 0 Å². The molecule has 4 rings (SSSR count). The van der Waals surface area contributed by atoms with E-state index in [4.69, 9.17) is 18.3 Å². The molecule has 0 aliphatic carbocycles. The quantitative estimate of drug-likeness (QED) is 0.355. The number of hydrogen-bond donors (Lipinski definition) is 4. The number of rotatable bonds is 4. The normalized spacial score (nSPS) is 11.2. The van der Waals surface area contributed by atoms with E-state index in [-0.39, 0.29) is 56.1 Å². The molecule has 0 aliphatic rings. The third kappa shape index (κ3) is 3.14. The SMILES string of the molecule is COc1cc2c(O)c(Cc3c(O)c4cc(OC)c(O)cc4oc3=O)c(=O)oc2cc1O. The Morgan fingerprint density at radius 2 is 1.10 bits per heavy atom. The second-order valence-corrected chi connectivity index (χ2v) is 6.65. The first kappa shape index (κ1) is 20.0. The van der Waals surface area contributed by atoms with Crippen LogP contribution in [0.15, 0.2) is 42.7 Å². The van der Waals surface area contributed by atoms with Gasteiger partial charge in [0.1, 0.15) is 22.7 Å². The Morgan fingerprint density at radius 3 is 1.45 bits per heavy atom. The van der Waals surface area contributed by atoms with E-state index in [2.05, 4.69) is 0 Å². The molecule has 0 aliphatic heterocycles. The van der Waals surface area contributed by atoms with E-state index in [0.717, 1.165) is 12.1 Å². The molecule has 2 heterocycles. The third-order valence-corrected chi connectivity index (χ3v) is 4.90. The van der Waals surface area contributed by atoms with Crippen molar-refractivity contribution in [2.24, 2.45) is 0 Å². The van der Waals surface area contributed by atoms with Crippen molar-refractivity contribution in [3.8, 4) is 34.5 Å². The highest BCUT2D eigenvalue weighted by Gasteiger charge is 2.22. The summed E-state index contributed by atoms with van der Waals surface area (Å²) in [6, 6.07) is 4.75. The topological polar surface area (TPSA) is 160 Å². The summed E-state index contributed by atoms with van der Waals surface area (Å²) in [6.45, 7) is 0. The van der Waals surface area contributed by atoms with Gasteiger partial charge in [0.15, 0.2) is 23.0 Å². The molecule has 2 aromatic carbocycles. The predicted molar refractivity (Wildman–Crippen MR) is 108 cm³/mol. The number of phenols is 2. The lowest BCUT2D eigenvalue weighted by Gasteiger charge is -2.11. The van der Waals surface area contributed by atoms with Crippen LogP contribution in [0.5, 0.6) is 34.5 Å². The minimum atomic E-state index is -0.975. The molecule has 0 bridgehead atoms. The molecule has 0 saturated heterocycles. The Hall–Kier alpha value is -4.34. The Labute approximate surface area is 172 Å². The molecule has 4 N–H and O–H groups in total. The maximum absolute atomic E-state index is 12.4. The molecule has 0 atom stereocenters. The molecular formula is C21H16O10. The standard InChI is InChI=1S/C21H16O10/c1-28-16-4-8-14(6-12(16)22)30-20(26)10(18(8)24)3-11-19(25)9-5-17(29-2)13(23)7-15(9)31-21(11)27/h4-7,22-25H,3H2,1-2H3. The van der Waals surface area contributed by atoms with E-state index in [0.29, 0.717) is 0 Å². The minimum Gasteiger partial charge on any atom is -0.507 e. The predicted octanol–water partition coefficient (Wildman–Crippen LogP) is 2.33. The summed E-state index contributed by atoms with van der Waals surface area (Å²) in [7, 11) is 2.62. The van der Waals surface area contributed by atoms with Gasteiger partial charge in [0.05, 0.1) is 36.1 Å². The summed E-state index contributed by atoms with van der Waals surface area (Å²) in [4.78, 5) is 24.9. The monoisotopic (exact) mass is 428 g/mol. The summed E-state index contributed by atoms with van der Waals surface area (Å²) in [5.74, 6) is -1.55. The largest absolute Gasteiger partial charge is 0.507 e. The number of hydrogen-bond acceptors (Lipinski definition) is 10. The van der Waals surface area contributed by atoms with Crippen LogP contribution < -0.4 is 20.7 Å². The first-order chi connectivity index (χ1) is 14.7. The molecule has 2 aromatic heterocycles. The molecular weight excluding hydrogens is 412 g/mol. The van der Waals surface area contributed by atoms with E-state index in [1.807, 2.05) is 0 Å².